The topological polar surface area (TPSA) is 43.7 Å². The number of pyridine rings is 1. The number of unbranched alkanes of at least 4 members (excludes halogenated alkanes) is 1. The average molecular weight is 396 g/mol. The zero-order chi connectivity index (χ0) is 20.0. The van der Waals surface area contributed by atoms with Crippen molar-refractivity contribution in [2.75, 3.05) is 39.5 Å². The van der Waals surface area contributed by atoms with Gasteiger partial charge in [0, 0.05) is 31.0 Å². The third-order valence-corrected chi connectivity index (χ3v) is 4.59. The van der Waals surface area contributed by atoms with E-state index in [1.165, 1.54) is 0 Å². The zero-order valence-corrected chi connectivity index (χ0v) is 15.5. The number of aromatic nitrogens is 1. The van der Waals surface area contributed by atoms with Crippen LogP contribution in [0.25, 0.3) is 5.69 Å². The summed E-state index contributed by atoms with van der Waals surface area (Å²) < 4.78 is 50.5. The first-order chi connectivity index (χ1) is 13.4. The van der Waals surface area contributed by atoms with Crippen molar-refractivity contribution < 1.29 is 22.6 Å². The van der Waals surface area contributed by atoms with Crippen LogP contribution in [0.3, 0.4) is 0 Å². The molecule has 1 saturated heterocycles. The van der Waals surface area contributed by atoms with E-state index in [1.54, 1.807) is 24.3 Å². The van der Waals surface area contributed by atoms with Gasteiger partial charge in [0.2, 0.25) is 0 Å². The second-order valence-electron chi connectivity index (χ2n) is 6.63. The van der Waals surface area contributed by atoms with Crippen LogP contribution in [0.4, 0.5) is 13.2 Å². The Balaban J connectivity index is 1.52. The van der Waals surface area contributed by atoms with Crippen LogP contribution in [-0.2, 0) is 10.9 Å². The van der Waals surface area contributed by atoms with E-state index in [-0.39, 0.29) is 0 Å². The van der Waals surface area contributed by atoms with Crippen LogP contribution in [0, 0.1) is 0 Å². The van der Waals surface area contributed by atoms with Gasteiger partial charge in [-0.3, -0.25) is 14.3 Å². The van der Waals surface area contributed by atoms with Gasteiger partial charge < -0.3 is 9.47 Å². The predicted octanol–water partition coefficient (Wildman–Crippen LogP) is 3.35. The molecule has 2 heterocycles. The van der Waals surface area contributed by atoms with Crippen molar-refractivity contribution in [2.24, 2.45) is 0 Å². The van der Waals surface area contributed by atoms with E-state index in [0.29, 0.717) is 18.0 Å². The molecular formula is C20H23F3N2O3. The fourth-order valence-corrected chi connectivity index (χ4v) is 3.01. The maximum atomic E-state index is 12.9. The first-order valence-electron chi connectivity index (χ1n) is 9.27. The fraction of sp³-hybridized carbons (Fsp3) is 0.450. The zero-order valence-electron chi connectivity index (χ0n) is 15.5. The highest BCUT2D eigenvalue weighted by atomic mass is 19.4. The molecule has 1 aliphatic heterocycles. The minimum Gasteiger partial charge on any atom is -0.494 e. The third kappa shape index (κ3) is 5.59. The normalized spacial score (nSPS) is 15.5. The van der Waals surface area contributed by atoms with Gasteiger partial charge in [0.15, 0.2) is 0 Å². The molecule has 2 aromatic rings. The van der Waals surface area contributed by atoms with Gasteiger partial charge in [-0.2, -0.15) is 13.2 Å². The second-order valence-corrected chi connectivity index (χ2v) is 6.63. The number of halogens is 3. The van der Waals surface area contributed by atoms with E-state index in [2.05, 4.69) is 4.90 Å². The van der Waals surface area contributed by atoms with Gasteiger partial charge in [0.05, 0.1) is 25.4 Å². The Kier molecular flexibility index (Phi) is 6.74. The molecule has 3 rings (SSSR count). The molecule has 0 saturated carbocycles. The van der Waals surface area contributed by atoms with E-state index in [9.17, 15) is 18.0 Å². The number of hydrogen-bond donors (Lipinski definition) is 0. The highest BCUT2D eigenvalue weighted by molar-refractivity contribution is 5.38. The minimum absolute atomic E-state index is 0.357. The second kappa shape index (κ2) is 9.25. The molecule has 0 amide bonds. The molecule has 1 aromatic heterocycles. The number of ether oxygens (including phenoxy) is 2. The lowest BCUT2D eigenvalue weighted by atomic mass is 10.2. The summed E-state index contributed by atoms with van der Waals surface area (Å²) in [5.74, 6) is 0.621. The van der Waals surface area contributed by atoms with E-state index < -0.39 is 17.3 Å². The molecule has 0 bridgehead atoms. The number of alkyl halides is 3. The summed E-state index contributed by atoms with van der Waals surface area (Å²) in [4.78, 5) is 14.3. The van der Waals surface area contributed by atoms with Gasteiger partial charge in [0.25, 0.3) is 5.56 Å². The van der Waals surface area contributed by atoms with Crippen LogP contribution in [0.15, 0.2) is 47.4 Å². The van der Waals surface area contributed by atoms with Crippen molar-refractivity contribution in [3.63, 3.8) is 0 Å². The molecule has 0 spiro atoms. The lowest BCUT2D eigenvalue weighted by Crippen LogP contribution is -2.36. The Labute approximate surface area is 161 Å². The third-order valence-electron chi connectivity index (χ3n) is 4.59. The van der Waals surface area contributed by atoms with Gasteiger partial charge in [-0.25, -0.2) is 0 Å². The van der Waals surface area contributed by atoms with Gasteiger partial charge in [-0.05, 0) is 49.7 Å². The number of rotatable bonds is 7. The minimum atomic E-state index is -4.50. The van der Waals surface area contributed by atoms with Crippen molar-refractivity contribution >= 4 is 0 Å². The van der Waals surface area contributed by atoms with Gasteiger partial charge in [0.1, 0.15) is 5.75 Å². The fourth-order valence-electron chi connectivity index (χ4n) is 3.01. The maximum absolute atomic E-state index is 12.9. The standard InChI is InChI=1S/C20H23F3N2O3/c21-20(22,23)16-3-8-19(26)25(15-16)17-4-6-18(7-5-17)28-12-2-1-9-24-10-13-27-14-11-24/h3-8,15H,1-2,9-14H2. The molecule has 1 aromatic carbocycles. The van der Waals surface area contributed by atoms with E-state index >= 15 is 0 Å². The Hall–Kier alpha value is -2.32. The molecule has 8 heteroatoms. The summed E-state index contributed by atoms with van der Waals surface area (Å²) in [6, 6.07) is 8.16. The molecule has 5 nitrogen and oxygen atoms in total. The van der Waals surface area contributed by atoms with Crippen molar-refractivity contribution in [3.05, 3.63) is 58.5 Å². The molecular weight excluding hydrogens is 373 g/mol. The summed E-state index contributed by atoms with van der Waals surface area (Å²) >= 11 is 0. The summed E-state index contributed by atoms with van der Waals surface area (Å²) in [5.41, 5.74) is -1.03. The Morgan fingerprint density at radius 3 is 2.39 bits per heavy atom. The maximum Gasteiger partial charge on any atom is 0.417 e. The molecule has 0 aliphatic carbocycles. The molecule has 28 heavy (non-hydrogen) atoms. The highest BCUT2D eigenvalue weighted by Gasteiger charge is 2.31. The quantitative estimate of drug-likeness (QED) is 0.674. The number of nitrogens with zero attached hydrogens (tertiary/aromatic N) is 2. The molecule has 0 N–H and O–H groups in total. The van der Waals surface area contributed by atoms with Gasteiger partial charge in [-0.1, -0.05) is 0 Å². The van der Waals surface area contributed by atoms with Crippen molar-refractivity contribution in [1.82, 2.24) is 9.47 Å². The number of benzene rings is 1. The first kappa shape index (κ1) is 20.4. The van der Waals surface area contributed by atoms with Crippen LogP contribution < -0.4 is 10.3 Å². The van der Waals surface area contributed by atoms with E-state index in [1.807, 2.05) is 0 Å². The van der Waals surface area contributed by atoms with E-state index in [4.69, 9.17) is 9.47 Å². The Morgan fingerprint density at radius 1 is 1.00 bits per heavy atom. The average Bonchev–Trinajstić information content (AvgIpc) is 2.69. The number of hydrogen-bond acceptors (Lipinski definition) is 4. The lowest BCUT2D eigenvalue weighted by molar-refractivity contribution is -0.138. The van der Waals surface area contributed by atoms with Crippen molar-refractivity contribution in [3.8, 4) is 11.4 Å². The predicted molar refractivity (Wildman–Crippen MR) is 99.0 cm³/mol. The first-order valence-corrected chi connectivity index (χ1v) is 9.27. The van der Waals surface area contributed by atoms with Crippen molar-refractivity contribution in [2.45, 2.75) is 19.0 Å². The van der Waals surface area contributed by atoms with Crippen molar-refractivity contribution in [1.29, 1.82) is 0 Å². The van der Waals surface area contributed by atoms with E-state index in [0.717, 1.165) is 68.6 Å². The lowest BCUT2D eigenvalue weighted by Gasteiger charge is -2.26. The monoisotopic (exact) mass is 396 g/mol. The molecule has 0 unspecified atom stereocenters. The SMILES string of the molecule is O=c1ccc(C(F)(F)F)cn1-c1ccc(OCCCCN2CCOCC2)cc1. The smallest absolute Gasteiger partial charge is 0.417 e. The molecule has 152 valence electrons. The number of morpholine rings is 1. The van der Waals surface area contributed by atoms with Crippen LogP contribution >= 0.6 is 0 Å². The molecule has 0 atom stereocenters. The summed E-state index contributed by atoms with van der Waals surface area (Å²) in [5, 5.41) is 0. The largest absolute Gasteiger partial charge is 0.494 e. The summed E-state index contributed by atoms with van der Waals surface area (Å²) in [6.07, 6.45) is -1.76. The Morgan fingerprint density at radius 2 is 1.71 bits per heavy atom. The Bertz CT molecular complexity index is 813. The van der Waals surface area contributed by atoms with Crippen LogP contribution in [-0.4, -0.2) is 48.9 Å². The molecule has 0 radical (unpaired) electrons. The molecule has 1 aliphatic rings. The highest BCUT2D eigenvalue weighted by Crippen LogP contribution is 2.28. The summed E-state index contributed by atoms with van der Waals surface area (Å²) in [6.45, 7) is 5.10. The summed E-state index contributed by atoms with van der Waals surface area (Å²) in [7, 11) is 0. The van der Waals surface area contributed by atoms with Crippen LogP contribution in [0.1, 0.15) is 18.4 Å². The van der Waals surface area contributed by atoms with Gasteiger partial charge in [-0.15, -0.1) is 0 Å². The molecule has 1 fully saturated rings. The van der Waals surface area contributed by atoms with Crippen LogP contribution in [0.2, 0.25) is 0 Å². The van der Waals surface area contributed by atoms with Crippen LogP contribution in [0.5, 0.6) is 5.75 Å². The van der Waals surface area contributed by atoms with Gasteiger partial charge >= 0.3 is 6.18 Å².